The van der Waals surface area contributed by atoms with Crippen LogP contribution in [-0.4, -0.2) is 14.5 Å². The highest BCUT2D eigenvalue weighted by Gasteiger charge is 2.31. The molecule has 0 radical (unpaired) electrons. The molecule has 3 nitrogen and oxygen atoms in total. The van der Waals surface area contributed by atoms with Gasteiger partial charge in [-0.3, -0.25) is 4.57 Å². The number of para-hydroxylation sites is 2. The van der Waals surface area contributed by atoms with E-state index < -0.39 is 0 Å². The summed E-state index contributed by atoms with van der Waals surface area (Å²) in [5.74, 6) is 0.709. The molecule has 1 aliphatic carbocycles. The summed E-state index contributed by atoms with van der Waals surface area (Å²) in [7, 11) is 0. The first-order valence-corrected chi connectivity index (χ1v) is 13.8. The quantitative estimate of drug-likeness (QED) is 0.236. The smallest absolute Gasteiger partial charge is 0.235 e. The number of hydrogen-bond donors (Lipinski definition) is 0. The van der Waals surface area contributed by atoms with Gasteiger partial charge in [-0.25, -0.2) is 9.97 Å². The van der Waals surface area contributed by atoms with Gasteiger partial charge in [-0.15, -0.1) is 0 Å². The van der Waals surface area contributed by atoms with Crippen molar-refractivity contribution in [1.29, 1.82) is 0 Å². The van der Waals surface area contributed by atoms with Crippen molar-refractivity contribution in [2.24, 2.45) is 0 Å². The predicted octanol–water partition coefficient (Wildman–Crippen LogP) is 9.37. The third-order valence-corrected chi connectivity index (χ3v) is 8.25. The van der Waals surface area contributed by atoms with Crippen molar-refractivity contribution in [3.05, 3.63) is 133 Å². The van der Waals surface area contributed by atoms with Gasteiger partial charge in [0.15, 0.2) is 0 Å². The molecule has 0 fully saturated rings. The number of fused-ring (bicyclic) bond motifs is 5. The van der Waals surface area contributed by atoms with Crippen molar-refractivity contribution < 1.29 is 0 Å². The van der Waals surface area contributed by atoms with E-state index in [0.717, 1.165) is 33.5 Å². The number of rotatable bonds is 3. The Labute approximate surface area is 233 Å². The fourth-order valence-electron chi connectivity index (χ4n) is 6.22. The molecule has 7 aromatic rings. The molecular weight excluding hydrogens is 486 g/mol. The van der Waals surface area contributed by atoms with Crippen LogP contribution in [0.4, 0.5) is 0 Å². The highest BCUT2D eigenvalue weighted by Crippen LogP contribution is 2.41. The fraction of sp³-hybridized carbons (Fsp3) is 0.0811. The Bertz CT molecular complexity index is 2070. The summed E-state index contributed by atoms with van der Waals surface area (Å²) in [6.45, 7) is 4.46. The monoisotopic (exact) mass is 513 g/mol. The zero-order chi connectivity index (χ0) is 26.8. The molecule has 5 aromatic carbocycles. The average molecular weight is 514 g/mol. The SMILES string of the molecule is CC1(C)C=Cc2c(-c3ccc(-c4cccc5ccccc45)cc3)nc(-n3c4ccccc4c4ccccc43)nc21. The molecule has 0 saturated carbocycles. The van der Waals surface area contributed by atoms with Crippen LogP contribution in [-0.2, 0) is 5.41 Å². The average Bonchev–Trinajstić information content (AvgIpc) is 3.50. The van der Waals surface area contributed by atoms with E-state index >= 15 is 0 Å². The van der Waals surface area contributed by atoms with Crippen LogP contribution in [0.2, 0.25) is 0 Å². The Kier molecular flexibility index (Phi) is 4.86. The molecule has 2 heterocycles. The highest BCUT2D eigenvalue weighted by atomic mass is 15.2. The zero-order valence-electron chi connectivity index (χ0n) is 22.5. The maximum absolute atomic E-state index is 5.28. The minimum atomic E-state index is -0.177. The lowest BCUT2D eigenvalue weighted by molar-refractivity contribution is 0.651. The van der Waals surface area contributed by atoms with Crippen molar-refractivity contribution >= 4 is 38.7 Å². The van der Waals surface area contributed by atoms with Gasteiger partial charge in [0.1, 0.15) is 0 Å². The molecule has 0 spiro atoms. The lowest BCUT2D eigenvalue weighted by atomic mass is 9.90. The molecular formula is C37H27N3. The van der Waals surface area contributed by atoms with E-state index in [9.17, 15) is 0 Å². The Morgan fingerprint density at radius 3 is 1.90 bits per heavy atom. The third kappa shape index (κ3) is 3.37. The van der Waals surface area contributed by atoms with Crippen LogP contribution in [0.15, 0.2) is 121 Å². The molecule has 0 amide bonds. The molecule has 0 unspecified atom stereocenters. The Morgan fingerprint density at radius 1 is 0.575 bits per heavy atom. The van der Waals surface area contributed by atoms with Crippen molar-refractivity contribution in [2.75, 3.05) is 0 Å². The molecule has 190 valence electrons. The van der Waals surface area contributed by atoms with Gasteiger partial charge < -0.3 is 0 Å². The van der Waals surface area contributed by atoms with Crippen LogP contribution >= 0.6 is 0 Å². The second-order valence-electron chi connectivity index (χ2n) is 11.2. The van der Waals surface area contributed by atoms with Crippen LogP contribution in [0, 0.1) is 0 Å². The lowest BCUT2D eigenvalue weighted by Gasteiger charge is -2.20. The van der Waals surface area contributed by atoms with Crippen LogP contribution < -0.4 is 0 Å². The number of benzene rings is 5. The molecule has 0 bridgehead atoms. The zero-order valence-corrected chi connectivity index (χ0v) is 22.5. The lowest BCUT2D eigenvalue weighted by Crippen LogP contribution is -2.16. The van der Waals surface area contributed by atoms with Gasteiger partial charge in [0, 0.05) is 27.3 Å². The first-order valence-electron chi connectivity index (χ1n) is 13.8. The first kappa shape index (κ1) is 22.9. The van der Waals surface area contributed by atoms with Crippen molar-refractivity contribution in [3.8, 4) is 28.3 Å². The number of hydrogen-bond acceptors (Lipinski definition) is 2. The highest BCUT2D eigenvalue weighted by molar-refractivity contribution is 6.09. The second kappa shape index (κ2) is 8.49. The fourth-order valence-corrected chi connectivity index (χ4v) is 6.22. The van der Waals surface area contributed by atoms with E-state index in [0.29, 0.717) is 5.95 Å². The van der Waals surface area contributed by atoms with Crippen molar-refractivity contribution in [1.82, 2.24) is 14.5 Å². The van der Waals surface area contributed by atoms with E-state index in [4.69, 9.17) is 9.97 Å². The molecule has 8 rings (SSSR count). The van der Waals surface area contributed by atoms with Gasteiger partial charge in [-0.05, 0) is 34.0 Å². The largest absolute Gasteiger partial charge is 0.278 e. The van der Waals surface area contributed by atoms with Crippen LogP contribution in [0.3, 0.4) is 0 Å². The number of aromatic nitrogens is 3. The molecule has 40 heavy (non-hydrogen) atoms. The van der Waals surface area contributed by atoms with E-state index in [2.05, 4.69) is 146 Å². The Hall–Kier alpha value is -5.02. The normalized spacial score (nSPS) is 13.8. The van der Waals surface area contributed by atoms with Gasteiger partial charge in [-0.1, -0.05) is 129 Å². The Balaban J connectivity index is 1.34. The minimum absolute atomic E-state index is 0.177. The van der Waals surface area contributed by atoms with Crippen LogP contribution in [0.1, 0.15) is 25.1 Å². The molecule has 3 heteroatoms. The summed E-state index contributed by atoms with van der Waals surface area (Å²) < 4.78 is 2.22. The molecule has 0 aliphatic heterocycles. The maximum Gasteiger partial charge on any atom is 0.235 e. The first-order chi connectivity index (χ1) is 19.6. The standard InChI is InChI=1S/C37H27N3/c1-37(2)23-22-31-34(26-20-18-25(19-21-26)28-15-9-11-24-10-3-4-12-27(24)28)38-36(39-35(31)37)40-32-16-7-5-13-29(32)30-14-6-8-17-33(30)40/h3-23H,1-2H3. The van der Waals surface area contributed by atoms with Crippen molar-refractivity contribution in [2.45, 2.75) is 19.3 Å². The predicted molar refractivity (Wildman–Crippen MR) is 167 cm³/mol. The van der Waals surface area contributed by atoms with E-state index in [1.807, 2.05) is 0 Å². The molecule has 0 saturated heterocycles. The summed E-state index contributed by atoms with van der Waals surface area (Å²) >= 11 is 0. The van der Waals surface area contributed by atoms with Crippen LogP contribution in [0.25, 0.3) is 67.0 Å². The van der Waals surface area contributed by atoms with Gasteiger partial charge in [-0.2, -0.15) is 0 Å². The van der Waals surface area contributed by atoms with Gasteiger partial charge in [0.2, 0.25) is 5.95 Å². The number of allylic oxidation sites excluding steroid dienone is 1. The summed E-state index contributed by atoms with van der Waals surface area (Å²) in [5, 5.41) is 4.93. The second-order valence-corrected chi connectivity index (χ2v) is 11.2. The minimum Gasteiger partial charge on any atom is -0.278 e. The van der Waals surface area contributed by atoms with Gasteiger partial charge >= 0.3 is 0 Å². The Morgan fingerprint density at radius 2 is 1.18 bits per heavy atom. The van der Waals surface area contributed by atoms with Crippen LogP contribution in [0.5, 0.6) is 0 Å². The molecule has 0 N–H and O–H groups in total. The molecule has 1 aliphatic rings. The summed E-state index contributed by atoms with van der Waals surface area (Å²) in [4.78, 5) is 10.5. The molecule has 2 aromatic heterocycles. The van der Waals surface area contributed by atoms with Crippen molar-refractivity contribution in [3.63, 3.8) is 0 Å². The number of nitrogens with zero attached hydrogens (tertiary/aromatic N) is 3. The van der Waals surface area contributed by atoms with Gasteiger partial charge in [0.25, 0.3) is 0 Å². The topological polar surface area (TPSA) is 30.7 Å². The van der Waals surface area contributed by atoms with E-state index in [1.165, 1.54) is 32.7 Å². The third-order valence-electron chi connectivity index (χ3n) is 8.25. The maximum atomic E-state index is 5.28. The molecule has 0 atom stereocenters. The summed E-state index contributed by atoms with van der Waals surface area (Å²) in [6.07, 6.45) is 4.44. The van der Waals surface area contributed by atoms with E-state index in [-0.39, 0.29) is 5.41 Å². The summed E-state index contributed by atoms with van der Waals surface area (Å²) in [6, 6.07) is 41.0. The summed E-state index contributed by atoms with van der Waals surface area (Å²) in [5.41, 5.74) is 8.72. The van der Waals surface area contributed by atoms with Gasteiger partial charge in [0.05, 0.1) is 22.4 Å². The van der Waals surface area contributed by atoms with E-state index in [1.54, 1.807) is 0 Å².